The monoisotopic (exact) mass is 418 g/mol. The number of aliphatic hydroxyl groups is 2. The van der Waals surface area contributed by atoms with Crippen molar-refractivity contribution >= 4 is 0 Å². The molecule has 30 heavy (non-hydrogen) atoms. The molecule has 4 rings (SSSR count). The molecule has 2 N–H and O–H groups in total. The zero-order chi connectivity index (χ0) is 21.9. The Morgan fingerprint density at radius 2 is 1.63 bits per heavy atom. The Morgan fingerprint density at radius 3 is 2.30 bits per heavy atom. The molecule has 4 aliphatic carbocycles. The highest BCUT2D eigenvalue weighted by Crippen LogP contribution is 2.72. The maximum atomic E-state index is 11.2. The largest absolute Gasteiger partial charge is 0.393 e. The van der Waals surface area contributed by atoms with E-state index in [-0.39, 0.29) is 6.10 Å². The predicted octanol–water partition coefficient (Wildman–Crippen LogP) is 6.97. The lowest BCUT2D eigenvalue weighted by Crippen LogP contribution is -2.60. The van der Waals surface area contributed by atoms with Crippen LogP contribution in [0.15, 0.2) is 0 Å². The lowest BCUT2D eigenvalue weighted by atomic mass is 9.39. The summed E-state index contributed by atoms with van der Waals surface area (Å²) in [4.78, 5) is 0. The van der Waals surface area contributed by atoms with E-state index in [2.05, 4.69) is 41.5 Å². The molecule has 4 saturated carbocycles. The van der Waals surface area contributed by atoms with Gasteiger partial charge in [0, 0.05) is 0 Å². The first-order valence-corrected chi connectivity index (χ1v) is 13.4. The van der Waals surface area contributed by atoms with E-state index in [0.29, 0.717) is 28.1 Å². The molecule has 0 aromatic carbocycles. The molecule has 0 saturated heterocycles. The van der Waals surface area contributed by atoms with Gasteiger partial charge in [0.2, 0.25) is 0 Å². The van der Waals surface area contributed by atoms with E-state index < -0.39 is 5.60 Å². The normalized spacial score (nSPS) is 52.8. The second-order valence-electron chi connectivity index (χ2n) is 13.1. The summed E-state index contributed by atoms with van der Waals surface area (Å²) in [7, 11) is 0. The van der Waals surface area contributed by atoms with Gasteiger partial charge in [0.1, 0.15) is 0 Å². The van der Waals surface area contributed by atoms with Gasteiger partial charge in [-0.2, -0.15) is 0 Å². The van der Waals surface area contributed by atoms with Crippen molar-refractivity contribution in [2.24, 2.45) is 45.8 Å². The molecule has 0 amide bonds. The number of aliphatic hydroxyl groups excluding tert-OH is 1. The van der Waals surface area contributed by atoms with E-state index in [0.717, 1.165) is 49.9 Å². The molecule has 4 aliphatic rings. The van der Waals surface area contributed by atoms with Gasteiger partial charge < -0.3 is 10.2 Å². The van der Waals surface area contributed by atoms with Crippen molar-refractivity contribution in [2.75, 3.05) is 0 Å². The molecule has 4 fully saturated rings. The van der Waals surface area contributed by atoms with Gasteiger partial charge in [-0.05, 0) is 116 Å². The van der Waals surface area contributed by atoms with E-state index in [9.17, 15) is 10.2 Å². The zero-order valence-electron chi connectivity index (χ0n) is 20.8. The summed E-state index contributed by atoms with van der Waals surface area (Å²) in [6.45, 7) is 14.5. The van der Waals surface area contributed by atoms with Gasteiger partial charge >= 0.3 is 0 Å². The summed E-state index contributed by atoms with van der Waals surface area (Å²) in [6, 6.07) is 0. The highest BCUT2D eigenvalue weighted by Gasteiger charge is 2.64. The molecular weight excluding hydrogens is 368 g/mol. The second kappa shape index (κ2) is 7.75. The molecular formula is C28H50O2. The van der Waals surface area contributed by atoms with Crippen molar-refractivity contribution in [2.45, 2.75) is 130 Å². The fourth-order valence-electron chi connectivity index (χ4n) is 9.82. The minimum absolute atomic E-state index is 0.120. The highest BCUT2D eigenvalue weighted by molar-refractivity contribution is 5.14. The first-order valence-electron chi connectivity index (χ1n) is 13.4. The minimum Gasteiger partial charge on any atom is -0.393 e. The first-order chi connectivity index (χ1) is 14.0. The second-order valence-corrected chi connectivity index (χ2v) is 13.1. The highest BCUT2D eigenvalue weighted by atomic mass is 16.3. The topological polar surface area (TPSA) is 40.5 Å². The van der Waals surface area contributed by atoms with Gasteiger partial charge in [0.05, 0.1) is 11.7 Å². The van der Waals surface area contributed by atoms with Gasteiger partial charge in [-0.25, -0.2) is 0 Å². The van der Waals surface area contributed by atoms with Crippen LogP contribution in [0.1, 0.15) is 119 Å². The number of hydrogen-bond acceptors (Lipinski definition) is 2. The fourth-order valence-corrected chi connectivity index (χ4v) is 9.82. The SMILES string of the molecule is CCC[C@H](O)[C@@H](C)[C@H]1CC[C@H]2[C@@H]3CC[C@@]4(C)C[C@](O)(CC)CC[C@]4(C)[C@H]3CC[C@]12C. The predicted molar refractivity (Wildman–Crippen MR) is 125 cm³/mol. The van der Waals surface area contributed by atoms with Crippen molar-refractivity contribution < 1.29 is 10.2 Å². The zero-order valence-corrected chi connectivity index (χ0v) is 20.8. The van der Waals surface area contributed by atoms with Crippen LogP contribution in [0.3, 0.4) is 0 Å². The molecule has 0 aromatic rings. The third-order valence-electron chi connectivity index (χ3n) is 12.1. The summed E-state index contributed by atoms with van der Waals surface area (Å²) in [6.07, 6.45) is 14.2. The van der Waals surface area contributed by atoms with E-state index in [4.69, 9.17) is 0 Å². The standard InChI is InChI=1S/C28H50O2/c1-7-9-24(29)19(3)21-10-11-22-20-12-14-25(4)18-28(30,8-2)17-16-27(25,6)23(20)13-15-26(21,22)5/h19-24,29-30H,7-18H2,1-6H3/t19-,20-,21+,22-,23-,24-,25-,26+,27+,28-/m0/s1. The van der Waals surface area contributed by atoms with Crippen molar-refractivity contribution in [3.8, 4) is 0 Å². The summed E-state index contributed by atoms with van der Waals surface area (Å²) in [5, 5.41) is 21.9. The van der Waals surface area contributed by atoms with E-state index >= 15 is 0 Å². The Kier molecular flexibility index (Phi) is 5.97. The molecule has 0 aliphatic heterocycles. The molecule has 0 radical (unpaired) electrons. The van der Waals surface area contributed by atoms with E-state index in [1.807, 2.05) is 0 Å². The Bertz CT molecular complexity index is 632. The lowest BCUT2D eigenvalue weighted by molar-refractivity contribution is -0.195. The van der Waals surface area contributed by atoms with Crippen LogP contribution in [0.2, 0.25) is 0 Å². The number of rotatable bonds is 5. The van der Waals surface area contributed by atoms with Crippen LogP contribution in [0.5, 0.6) is 0 Å². The molecule has 0 unspecified atom stereocenters. The molecule has 0 aromatic heterocycles. The smallest absolute Gasteiger partial charge is 0.0650 e. The van der Waals surface area contributed by atoms with Crippen molar-refractivity contribution in [3.63, 3.8) is 0 Å². The average Bonchev–Trinajstić information content (AvgIpc) is 3.06. The fraction of sp³-hybridized carbons (Fsp3) is 1.00. The van der Waals surface area contributed by atoms with E-state index in [1.54, 1.807) is 0 Å². The van der Waals surface area contributed by atoms with Gasteiger partial charge in [0.25, 0.3) is 0 Å². The van der Waals surface area contributed by atoms with Gasteiger partial charge in [0.15, 0.2) is 0 Å². The van der Waals surface area contributed by atoms with Gasteiger partial charge in [-0.3, -0.25) is 0 Å². The first kappa shape index (κ1) is 23.1. The number of fused-ring (bicyclic) bond motifs is 5. The molecule has 0 heterocycles. The maximum Gasteiger partial charge on any atom is 0.0650 e. The van der Waals surface area contributed by atoms with Crippen LogP contribution >= 0.6 is 0 Å². The van der Waals surface area contributed by atoms with Gasteiger partial charge in [-0.1, -0.05) is 48.0 Å². The maximum absolute atomic E-state index is 11.2. The third-order valence-corrected chi connectivity index (χ3v) is 12.1. The third kappa shape index (κ3) is 3.25. The van der Waals surface area contributed by atoms with Crippen LogP contribution in [-0.4, -0.2) is 21.9 Å². The van der Waals surface area contributed by atoms with Crippen LogP contribution in [0, 0.1) is 45.8 Å². The Hall–Kier alpha value is -0.0800. The molecule has 174 valence electrons. The van der Waals surface area contributed by atoms with Crippen LogP contribution in [0.25, 0.3) is 0 Å². The lowest BCUT2D eigenvalue weighted by Gasteiger charge is -2.66. The quantitative estimate of drug-likeness (QED) is 0.506. The number of hydrogen-bond donors (Lipinski definition) is 2. The summed E-state index contributed by atoms with van der Waals surface area (Å²) >= 11 is 0. The van der Waals surface area contributed by atoms with Crippen LogP contribution < -0.4 is 0 Å². The van der Waals surface area contributed by atoms with Crippen LogP contribution in [-0.2, 0) is 0 Å². The Morgan fingerprint density at radius 1 is 0.900 bits per heavy atom. The van der Waals surface area contributed by atoms with Crippen molar-refractivity contribution in [3.05, 3.63) is 0 Å². The van der Waals surface area contributed by atoms with Crippen molar-refractivity contribution in [1.29, 1.82) is 0 Å². The van der Waals surface area contributed by atoms with E-state index in [1.165, 1.54) is 44.9 Å². The molecule has 0 spiro atoms. The molecule has 0 bridgehead atoms. The Labute approximate surface area is 186 Å². The summed E-state index contributed by atoms with van der Waals surface area (Å²) in [5.74, 6) is 3.70. The molecule has 10 atom stereocenters. The minimum atomic E-state index is -0.423. The average molecular weight is 419 g/mol. The van der Waals surface area contributed by atoms with Crippen molar-refractivity contribution in [1.82, 2.24) is 0 Å². The summed E-state index contributed by atoms with van der Waals surface area (Å²) < 4.78 is 0. The molecule has 2 heteroatoms. The molecule has 2 nitrogen and oxygen atoms in total. The Balaban J connectivity index is 1.57. The summed E-state index contributed by atoms with van der Waals surface area (Å²) in [5.41, 5.74) is 0.698. The van der Waals surface area contributed by atoms with Gasteiger partial charge in [-0.15, -0.1) is 0 Å². The van der Waals surface area contributed by atoms with Crippen LogP contribution in [0.4, 0.5) is 0 Å².